The third-order valence-corrected chi connectivity index (χ3v) is 3.35. The fraction of sp³-hybridized carbons (Fsp3) is 0.412. The minimum absolute atomic E-state index is 0.487. The SMILES string of the molecule is CCN(Cc1ccncc1)c1cc(CNC(C)C)ccn1. The largest absolute Gasteiger partial charge is 0.353 e. The molecule has 0 fully saturated rings. The van der Waals surface area contributed by atoms with Crippen LogP contribution in [0.3, 0.4) is 0 Å². The average Bonchev–Trinajstić information content (AvgIpc) is 2.52. The van der Waals surface area contributed by atoms with Crippen LogP contribution in [0, 0.1) is 0 Å². The quantitative estimate of drug-likeness (QED) is 0.848. The Morgan fingerprint density at radius 3 is 2.48 bits per heavy atom. The van der Waals surface area contributed by atoms with Gasteiger partial charge in [0.1, 0.15) is 5.82 Å². The third-order valence-electron chi connectivity index (χ3n) is 3.35. The van der Waals surface area contributed by atoms with E-state index in [1.165, 1.54) is 11.1 Å². The van der Waals surface area contributed by atoms with Crippen LogP contribution in [-0.4, -0.2) is 22.6 Å². The molecule has 0 aliphatic rings. The molecular formula is C17H24N4. The van der Waals surface area contributed by atoms with E-state index in [2.05, 4.69) is 53.1 Å². The molecule has 0 radical (unpaired) electrons. The minimum atomic E-state index is 0.487. The van der Waals surface area contributed by atoms with Crippen molar-refractivity contribution in [1.29, 1.82) is 0 Å². The van der Waals surface area contributed by atoms with Gasteiger partial charge in [0.15, 0.2) is 0 Å². The predicted octanol–water partition coefficient (Wildman–Crippen LogP) is 3.00. The molecule has 2 rings (SSSR count). The molecule has 0 aliphatic heterocycles. The highest BCUT2D eigenvalue weighted by Gasteiger charge is 2.07. The molecule has 0 aromatic carbocycles. The van der Waals surface area contributed by atoms with Crippen LogP contribution >= 0.6 is 0 Å². The molecule has 0 amide bonds. The van der Waals surface area contributed by atoms with Crippen molar-refractivity contribution in [3.8, 4) is 0 Å². The smallest absolute Gasteiger partial charge is 0.129 e. The summed E-state index contributed by atoms with van der Waals surface area (Å²) in [6, 6.07) is 8.82. The van der Waals surface area contributed by atoms with Gasteiger partial charge >= 0.3 is 0 Å². The van der Waals surface area contributed by atoms with Crippen molar-refractivity contribution in [1.82, 2.24) is 15.3 Å². The fourth-order valence-corrected chi connectivity index (χ4v) is 2.13. The monoisotopic (exact) mass is 284 g/mol. The standard InChI is InChI=1S/C17H24N4/c1-4-21(13-15-5-8-18-9-6-15)17-11-16(7-10-19-17)12-20-14(2)3/h5-11,14,20H,4,12-13H2,1-3H3. The van der Waals surface area contributed by atoms with Gasteiger partial charge in [-0.3, -0.25) is 4.98 Å². The molecule has 4 nitrogen and oxygen atoms in total. The van der Waals surface area contributed by atoms with Crippen LogP contribution in [0.25, 0.3) is 0 Å². The topological polar surface area (TPSA) is 41.1 Å². The van der Waals surface area contributed by atoms with Crippen LogP contribution in [0.1, 0.15) is 31.9 Å². The molecule has 4 heteroatoms. The van der Waals surface area contributed by atoms with Crippen LogP contribution in [0.2, 0.25) is 0 Å². The van der Waals surface area contributed by atoms with Gasteiger partial charge < -0.3 is 10.2 Å². The molecule has 2 heterocycles. The van der Waals surface area contributed by atoms with E-state index in [0.717, 1.165) is 25.5 Å². The number of hydrogen-bond acceptors (Lipinski definition) is 4. The zero-order valence-corrected chi connectivity index (χ0v) is 13.1. The van der Waals surface area contributed by atoms with Crippen LogP contribution in [0.5, 0.6) is 0 Å². The van der Waals surface area contributed by atoms with Gasteiger partial charge in [-0.15, -0.1) is 0 Å². The third kappa shape index (κ3) is 4.83. The van der Waals surface area contributed by atoms with Crippen molar-refractivity contribution >= 4 is 5.82 Å². The van der Waals surface area contributed by atoms with E-state index in [-0.39, 0.29) is 0 Å². The normalized spacial score (nSPS) is 10.9. The molecule has 0 saturated heterocycles. The summed E-state index contributed by atoms with van der Waals surface area (Å²) in [7, 11) is 0. The lowest BCUT2D eigenvalue weighted by molar-refractivity contribution is 0.588. The van der Waals surface area contributed by atoms with Crippen molar-refractivity contribution in [3.05, 3.63) is 54.0 Å². The van der Waals surface area contributed by atoms with E-state index < -0.39 is 0 Å². The lowest BCUT2D eigenvalue weighted by Gasteiger charge is -2.22. The van der Waals surface area contributed by atoms with Crippen molar-refractivity contribution in [2.75, 3.05) is 11.4 Å². The Balaban J connectivity index is 2.09. The Bertz CT molecular complexity index is 539. The van der Waals surface area contributed by atoms with E-state index in [9.17, 15) is 0 Å². The number of rotatable bonds is 7. The Kier molecular flexibility index (Phi) is 5.69. The van der Waals surface area contributed by atoms with Crippen molar-refractivity contribution in [3.63, 3.8) is 0 Å². The summed E-state index contributed by atoms with van der Waals surface area (Å²) >= 11 is 0. The Labute approximate surface area is 127 Å². The lowest BCUT2D eigenvalue weighted by Crippen LogP contribution is -2.24. The summed E-state index contributed by atoms with van der Waals surface area (Å²) in [6.45, 7) is 9.12. The number of nitrogens with one attached hydrogen (secondary N) is 1. The maximum absolute atomic E-state index is 4.52. The zero-order chi connectivity index (χ0) is 15.1. The Morgan fingerprint density at radius 2 is 1.81 bits per heavy atom. The molecular weight excluding hydrogens is 260 g/mol. The molecule has 0 unspecified atom stereocenters. The van der Waals surface area contributed by atoms with E-state index in [1.807, 2.05) is 30.7 Å². The molecule has 2 aromatic heterocycles. The maximum Gasteiger partial charge on any atom is 0.129 e. The number of hydrogen-bond donors (Lipinski definition) is 1. The van der Waals surface area contributed by atoms with Crippen molar-refractivity contribution in [2.24, 2.45) is 0 Å². The van der Waals surface area contributed by atoms with Gasteiger partial charge in [0.2, 0.25) is 0 Å². The number of nitrogens with zero attached hydrogens (tertiary/aromatic N) is 3. The van der Waals surface area contributed by atoms with Gasteiger partial charge in [0.05, 0.1) is 0 Å². The second kappa shape index (κ2) is 7.74. The van der Waals surface area contributed by atoms with Crippen molar-refractivity contribution in [2.45, 2.75) is 39.9 Å². The number of pyridine rings is 2. The molecule has 0 saturated carbocycles. The summed E-state index contributed by atoms with van der Waals surface area (Å²) < 4.78 is 0. The van der Waals surface area contributed by atoms with Crippen LogP contribution < -0.4 is 10.2 Å². The number of anilines is 1. The van der Waals surface area contributed by atoms with E-state index in [4.69, 9.17) is 0 Å². The van der Waals surface area contributed by atoms with Crippen LogP contribution in [0.4, 0.5) is 5.82 Å². The lowest BCUT2D eigenvalue weighted by atomic mass is 10.2. The minimum Gasteiger partial charge on any atom is -0.353 e. The summed E-state index contributed by atoms with van der Waals surface area (Å²) in [6.07, 6.45) is 5.56. The van der Waals surface area contributed by atoms with Gasteiger partial charge in [-0.05, 0) is 42.3 Å². The second-order valence-electron chi connectivity index (χ2n) is 5.43. The van der Waals surface area contributed by atoms with Gasteiger partial charge in [-0.1, -0.05) is 13.8 Å². The Morgan fingerprint density at radius 1 is 1.10 bits per heavy atom. The highest BCUT2D eigenvalue weighted by atomic mass is 15.2. The van der Waals surface area contributed by atoms with Gasteiger partial charge in [0.25, 0.3) is 0 Å². The fourth-order valence-electron chi connectivity index (χ4n) is 2.13. The highest BCUT2D eigenvalue weighted by molar-refractivity contribution is 5.41. The zero-order valence-electron chi connectivity index (χ0n) is 13.1. The molecule has 0 atom stereocenters. The first-order valence-electron chi connectivity index (χ1n) is 7.51. The molecule has 21 heavy (non-hydrogen) atoms. The summed E-state index contributed by atoms with van der Waals surface area (Å²) in [4.78, 5) is 10.9. The van der Waals surface area contributed by atoms with E-state index in [1.54, 1.807) is 0 Å². The highest BCUT2D eigenvalue weighted by Crippen LogP contribution is 2.15. The maximum atomic E-state index is 4.52. The molecule has 1 N–H and O–H groups in total. The number of aromatic nitrogens is 2. The first kappa shape index (κ1) is 15.4. The van der Waals surface area contributed by atoms with Crippen molar-refractivity contribution < 1.29 is 0 Å². The van der Waals surface area contributed by atoms with Gasteiger partial charge in [0, 0.05) is 44.3 Å². The molecule has 2 aromatic rings. The van der Waals surface area contributed by atoms with Gasteiger partial charge in [-0.2, -0.15) is 0 Å². The van der Waals surface area contributed by atoms with Gasteiger partial charge in [-0.25, -0.2) is 4.98 Å². The summed E-state index contributed by atoms with van der Waals surface area (Å²) in [5, 5.41) is 3.44. The predicted molar refractivity (Wildman–Crippen MR) is 87.2 cm³/mol. The summed E-state index contributed by atoms with van der Waals surface area (Å²) in [5.41, 5.74) is 2.52. The molecule has 0 spiro atoms. The first-order valence-corrected chi connectivity index (χ1v) is 7.51. The Hall–Kier alpha value is -1.94. The second-order valence-corrected chi connectivity index (χ2v) is 5.43. The van der Waals surface area contributed by atoms with Crippen LogP contribution in [-0.2, 0) is 13.1 Å². The van der Waals surface area contributed by atoms with E-state index in [0.29, 0.717) is 6.04 Å². The summed E-state index contributed by atoms with van der Waals surface area (Å²) in [5.74, 6) is 1.03. The average molecular weight is 284 g/mol. The first-order chi connectivity index (χ1) is 10.2. The molecule has 112 valence electrons. The molecule has 0 bridgehead atoms. The van der Waals surface area contributed by atoms with Crippen LogP contribution in [0.15, 0.2) is 42.9 Å². The molecule has 0 aliphatic carbocycles. The van der Waals surface area contributed by atoms with E-state index >= 15 is 0 Å².